The normalized spacial score (nSPS) is 11.2. The number of benzene rings is 3. The van der Waals surface area contributed by atoms with Crippen LogP contribution in [0.25, 0.3) is 0 Å². The average Bonchev–Trinajstić information content (AvgIpc) is 2.95. The van der Waals surface area contributed by atoms with Crippen LogP contribution in [0, 0.1) is 0 Å². The summed E-state index contributed by atoms with van der Waals surface area (Å²) in [5, 5.41) is 5.64. The fourth-order valence-electron chi connectivity index (χ4n) is 3.66. The van der Waals surface area contributed by atoms with Crippen molar-refractivity contribution in [1.82, 2.24) is 15.6 Å². The molecule has 1 aromatic heterocycles. The van der Waals surface area contributed by atoms with E-state index in [9.17, 15) is 9.59 Å². The molecular formula is C30H29N3O4. The minimum atomic E-state index is -0.797. The van der Waals surface area contributed by atoms with E-state index in [1.54, 1.807) is 6.20 Å². The molecule has 0 spiro atoms. The van der Waals surface area contributed by atoms with E-state index < -0.39 is 12.1 Å². The van der Waals surface area contributed by atoms with E-state index in [-0.39, 0.29) is 19.1 Å². The SMILES string of the molecule is O=C(NC(Cc1ccccc1)C(=O)NCc1cccc(OCc2ccccn2)c1)OCc1ccccc1. The molecule has 1 atom stereocenters. The molecule has 37 heavy (non-hydrogen) atoms. The van der Waals surface area contributed by atoms with Crippen molar-refractivity contribution in [2.75, 3.05) is 0 Å². The maximum Gasteiger partial charge on any atom is 0.408 e. The quantitative estimate of drug-likeness (QED) is 0.312. The number of hydrogen-bond acceptors (Lipinski definition) is 5. The second-order valence-corrected chi connectivity index (χ2v) is 8.42. The van der Waals surface area contributed by atoms with Gasteiger partial charge in [0.15, 0.2) is 0 Å². The molecule has 0 aliphatic rings. The number of amides is 2. The van der Waals surface area contributed by atoms with Crippen molar-refractivity contribution in [2.24, 2.45) is 0 Å². The van der Waals surface area contributed by atoms with Gasteiger partial charge in [0.25, 0.3) is 0 Å². The van der Waals surface area contributed by atoms with Crippen LogP contribution in [-0.4, -0.2) is 23.0 Å². The van der Waals surface area contributed by atoms with Gasteiger partial charge < -0.3 is 20.1 Å². The predicted octanol–water partition coefficient (Wildman–Crippen LogP) is 4.81. The van der Waals surface area contributed by atoms with Gasteiger partial charge in [-0.2, -0.15) is 0 Å². The summed E-state index contributed by atoms with van der Waals surface area (Å²) < 4.78 is 11.2. The first-order chi connectivity index (χ1) is 18.2. The number of alkyl carbamates (subject to hydrolysis) is 1. The number of nitrogens with zero attached hydrogens (tertiary/aromatic N) is 1. The van der Waals surface area contributed by atoms with Crippen molar-refractivity contribution in [3.8, 4) is 5.75 Å². The molecule has 188 valence electrons. The molecule has 2 amide bonds. The molecule has 7 nitrogen and oxygen atoms in total. The van der Waals surface area contributed by atoms with Gasteiger partial charge in [-0.15, -0.1) is 0 Å². The third kappa shape index (κ3) is 8.50. The molecule has 0 aliphatic heterocycles. The molecule has 3 aromatic carbocycles. The van der Waals surface area contributed by atoms with E-state index in [0.29, 0.717) is 18.8 Å². The largest absolute Gasteiger partial charge is 0.487 e. The summed E-state index contributed by atoms with van der Waals surface area (Å²) in [6.07, 6.45) is 1.41. The molecule has 0 radical (unpaired) electrons. The summed E-state index contributed by atoms with van der Waals surface area (Å²) in [7, 11) is 0. The number of hydrogen-bond donors (Lipinski definition) is 2. The number of carbonyl (C=O) groups excluding carboxylic acids is 2. The molecule has 7 heteroatoms. The van der Waals surface area contributed by atoms with Crippen molar-refractivity contribution in [1.29, 1.82) is 0 Å². The zero-order chi connectivity index (χ0) is 25.7. The lowest BCUT2D eigenvalue weighted by Crippen LogP contribution is -2.48. The van der Waals surface area contributed by atoms with Crippen LogP contribution in [0.1, 0.15) is 22.4 Å². The summed E-state index contributed by atoms with van der Waals surface area (Å²) in [5.41, 5.74) is 3.50. The Hall–Kier alpha value is -4.65. The molecule has 4 rings (SSSR count). The molecule has 1 unspecified atom stereocenters. The average molecular weight is 496 g/mol. The van der Waals surface area contributed by atoms with Gasteiger partial charge in [0, 0.05) is 19.2 Å². The molecule has 0 bridgehead atoms. The van der Waals surface area contributed by atoms with Crippen LogP contribution in [0.5, 0.6) is 5.75 Å². The van der Waals surface area contributed by atoms with E-state index in [1.165, 1.54) is 0 Å². The van der Waals surface area contributed by atoms with Crippen molar-refractivity contribution in [2.45, 2.75) is 32.2 Å². The Morgan fingerprint density at radius 1 is 0.757 bits per heavy atom. The van der Waals surface area contributed by atoms with E-state index >= 15 is 0 Å². The number of rotatable bonds is 11. The summed E-state index contributed by atoms with van der Waals surface area (Å²) in [4.78, 5) is 29.9. The Balaban J connectivity index is 1.34. The van der Waals surface area contributed by atoms with Crippen LogP contribution in [0.4, 0.5) is 4.79 Å². The van der Waals surface area contributed by atoms with Crippen LogP contribution < -0.4 is 15.4 Å². The van der Waals surface area contributed by atoms with Crippen molar-refractivity contribution in [3.63, 3.8) is 0 Å². The van der Waals surface area contributed by atoms with Crippen molar-refractivity contribution in [3.05, 3.63) is 132 Å². The second-order valence-electron chi connectivity index (χ2n) is 8.42. The van der Waals surface area contributed by atoms with E-state index in [4.69, 9.17) is 9.47 Å². The van der Waals surface area contributed by atoms with Gasteiger partial charge in [0.1, 0.15) is 25.0 Å². The number of aromatic nitrogens is 1. The number of ether oxygens (including phenoxy) is 2. The van der Waals surface area contributed by atoms with Crippen molar-refractivity contribution < 1.29 is 19.1 Å². The van der Waals surface area contributed by atoms with Gasteiger partial charge in [-0.05, 0) is 41.0 Å². The highest BCUT2D eigenvalue weighted by molar-refractivity contribution is 5.85. The summed E-state index contributed by atoms with van der Waals surface area (Å²) in [6, 6.07) is 31.3. The third-order valence-electron chi connectivity index (χ3n) is 5.58. The Labute approximate surface area is 216 Å². The monoisotopic (exact) mass is 495 g/mol. The first kappa shape index (κ1) is 25.4. The standard InChI is InChI=1S/C30H29N3O4/c34-29(32-20-25-14-9-16-27(18-25)36-22-26-15-7-8-17-31-26)28(19-23-10-3-1-4-11-23)33-30(35)37-21-24-12-5-2-6-13-24/h1-18,28H,19-22H2,(H,32,34)(H,33,35). The molecule has 0 aliphatic carbocycles. The Morgan fingerprint density at radius 2 is 1.46 bits per heavy atom. The first-order valence-electron chi connectivity index (χ1n) is 12.1. The fraction of sp³-hybridized carbons (Fsp3) is 0.167. The van der Waals surface area contributed by atoms with Crippen LogP contribution in [0.2, 0.25) is 0 Å². The smallest absolute Gasteiger partial charge is 0.408 e. The van der Waals surface area contributed by atoms with Crippen LogP contribution in [0.3, 0.4) is 0 Å². The predicted molar refractivity (Wildman–Crippen MR) is 141 cm³/mol. The zero-order valence-electron chi connectivity index (χ0n) is 20.4. The van der Waals surface area contributed by atoms with Gasteiger partial charge >= 0.3 is 6.09 Å². The van der Waals surface area contributed by atoms with Crippen molar-refractivity contribution >= 4 is 12.0 Å². The lowest BCUT2D eigenvalue weighted by atomic mass is 10.1. The molecule has 0 saturated heterocycles. The number of nitrogens with one attached hydrogen (secondary N) is 2. The third-order valence-corrected chi connectivity index (χ3v) is 5.58. The summed E-state index contributed by atoms with van der Waals surface area (Å²) in [5.74, 6) is 0.376. The fourth-order valence-corrected chi connectivity index (χ4v) is 3.66. The number of pyridine rings is 1. The highest BCUT2D eigenvalue weighted by atomic mass is 16.5. The Morgan fingerprint density at radius 3 is 2.19 bits per heavy atom. The van der Waals surface area contributed by atoms with Gasteiger partial charge in [-0.1, -0.05) is 78.9 Å². The molecule has 4 aromatic rings. The Kier molecular flexibility index (Phi) is 9.24. The lowest BCUT2D eigenvalue weighted by molar-refractivity contribution is -0.123. The zero-order valence-corrected chi connectivity index (χ0v) is 20.4. The number of carbonyl (C=O) groups is 2. The van der Waals surface area contributed by atoms with Crippen LogP contribution >= 0.6 is 0 Å². The Bertz CT molecular complexity index is 1270. The van der Waals surface area contributed by atoms with Crippen LogP contribution in [-0.2, 0) is 35.7 Å². The van der Waals surface area contributed by atoms with Gasteiger partial charge in [-0.25, -0.2) is 4.79 Å². The minimum absolute atomic E-state index is 0.123. The van der Waals surface area contributed by atoms with Crippen LogP contribution in [0.15, 0.2) is 109 Å². The molecular weight excluding hydrogens is 466 g/mol. The topological polar surface area (TPSA) is 89.6 Å². The summed E-state index contributed by atoms with van der Waals surface area (Å²) in [6.45, 7) is 0.758. The van der Waals surface area contributed by atoms with Gasteiger partial charge in [0.2, 0.25) is 5.91 Å². The second kappa shape index (κ2) is 13.4. The lowest BCUT2D eigenvalue weighted by Gasteiger charge is -2.19. The molecule has 2 N–H and O–H groups in total. The summed E-state index contributed by atoms with van der Waals surface area (Å²) >= 11 is 0. The van der Waals surface area contributed by atoms with E-state index in [0.717, 1.165) is 22.4 Å². The van der Waals surface area contributed by atoms with E-state index in [2.05, 4.69) is 15.6 Å². The highest BCUT2D eigenvalue weighted by Gasteiger charge is 2.22. The van der Waals surface area contributed by atoms with Gasteiger partial charge in [0.05, 0.1) is 5.69 Å². The maximum absolute atomic E-state index is 13.1. The highest BCUT2D eigenvalue weighted by Crippen LogP contribution is 2.15. The minimum Gasteiger partial charge on any atom is -0.487 e. The van der Waals surface area contributed by atoms with E-state index in [1.807, 2.05) is 103 Å². The molecule has 1 heterocycles. The van der Waals surface area contributed by atoms with Gasteiger partial charge in [-0.3, -0.25) is 9.78 Å². The molecule has 0 saturated carbocycles. The first-order valence-corrected chi connectivity index (χ1v) is 12.1. The maximum atomic E-state index is 13.1. The molecule has 0 fully saturated rings.